The fourth-order valence-electron chi connectivity index (χ4n) is 3.90. The molecule has 0 amide bonds. The summed E-state index contributed by atoms with van der Waals surface area (Å²) in [5.41, 5.74) is 8.17. The van der Waals surface area contributed by atoms with Gasteiger partial charge in [0.25, 0.3) is 0 Å². The summed E-state index contributed by atoms with van der Waals surface area (Å²) in [5, 5.41) is 0. The first-order chi connectivity index (χ1) is 14.0. The molecule has 0 radical (unpaired) electrons. The van der Waals surface area contributed by atoms with Crippen LogP contribution in [0.5, 0.6) is 5.75 Å². The molecule has 0 fully saturated rings. The van der Waals surface area contributed by atoms with E-state index < -0.39 is 0 Å². The summed E-state index contributed by atoms with van der Waals surface area (Å²) in [7, 11) is 3.80. The normalized spacial score (nSPS) is 14.1. The maximum absolute atomic E-state index is 11.4. The number of hydrogen-bond donors (Lipinski definition) is 0. The highest BCUT2D eigenvalue weighted by molar-refractivity contribution is 6.02. The number of nitrogens with zero attached hydrogens (tertiary/aromatic N) is 2. The smallest absolute Gasteiger partial charge is 0.150 e. The lowest BCUT2D eigenvalue weighted by molar-refractivity contribution is 0.112. The van der Waals surface area contributed by atoms with Crippen LogP contribution in [0.15, 0.2) is 41.4 Å². The average molecular weight is 391 g/mol. The van der Waals surface area contributed by atoms with E-state index in [1.807, 2.05) is 26.0 Å². The third-order valence-corrected chi connectivity index (χ3v) is 5.46. The SMILES string of the molecule is CCCCC1=NC(c2cc(C)c(C=O)c(C)c2)=C(c2ccc(OC)cc2)N(C)C1. The minimum absolute atomic E-state index is 0.764. The molecule has 0 aromatic heterocycles. The highest BCUT2D eigenvalue weighted by Crippen LogP contribution is 2.35. The van der Waals surface area contributed by atoms with Gasteiger partial charge in [0.15, 0.2) is 6.29 Å². The third-order valence-electron chi connectivity index (χ3n) is 5.46. The molecule has 29 heavy (non-hydrogen) atoms. The Morgan fingerprint density at radius 2 is 1.76 bits per heavy atom. The topological polar surface area (TPSA) is 41.9 Å². The molecular formula is C25H30N2O2. The summed E-state index contributed by atoms with van der Waals surface area (Å²) < 4.78 is 5.32. The van der Waals surface area contributed by atoms with Crippen LogP contribution < -0.4 is 4.74 Å². The Labute approximate surface area is 173 Å². The van der Waals surface area contributed by atoms with E-state index in [1.54, 1.807) is 7.11 Å². The summed E-state index contributed by atoms with van der Waals surface area (Å²) in [6.07, 6.45) is 4.24. The van der Waals surface area contributed by atoms with Gasteiger partial charge in [-0.3, -0.25) is 9.79 Å². The molecule has 2 aromatic carbocycles. The molecule has 1 aliphatic heterocycles. The van der Waals surface area contributed by atoms with E-state index in [9.17, 15) is 4.79 Å². The molecule has 0 aliphatic carbocycles. The number of aliphatic imine (C=N–C) groups is 1. The first-order valence-electron chi connectivity index (χ1n) is 10.2. The van der Waals surface area contributed by atoms with E-state index in [-0.39, 0.29) is 0 Å². The molecule has 0 N–H and O–H groups in total. The molecule has 3 rings (SSSR count). The maximum Gasteiger partial charge on any atom is 0.150 e. The molecule has 0 spiro atoms. The predicted molar refractivity (Wildman–Crippen MR) is 121 cm³/mol. The quantitative estimate of drug-likeness (QED) is 0.584. The molecule has 4 heteroatoms. The Kier molecular flexibility index (Phi) is 6.53. The Bertz CT molecular complexity index is 932. The van der Waals surface area contributed by atoms with Crippen molar-refractivity contribution in [2.24, 2.45) is 4.99 Å². The second kappa shape index (κ2) is 9.08. The highest BCUT2D eigenvalue weighted by Gasteiger charge is 2.23. The monoisotopic (exact) mass is 390 g/mol. The highest BCUT2D eigenvalue weighted by atomic mass is 16.5. The van der Waals surface area contributed by atoms with E-state index >= 15 is 0 Å². The number of aryl methyl sites for hydroxylation is 2. The summed E-state index contributed by atoms with van der Waals surface area (Å²) in [6.45, 7) is 7.01. The number of unbranched alkanes of at least 4 members (excludes halogenated alkanes) is 1. The van der Waals surface area contributed by atoms with Gasteiger partial charge >= 0.3 is 0 Å². The summed E-state index contributed by atoms with van der Waals surface area (Å²) in [4.78, 5) is 18.8. The second-order valence-corrected chi connectivity index (χ2v) is 7.70. The molecule has 0 saturated carbocycles. The zero-order valence-electron chi connectivity index (χ0n) is 18.1. The lowest BCUT2D eigenvalue weighted by Gasteiger charge is -2.30. The van der Waals surface area contributed by atoms with E-state index in [1.165, 1.54) is 5.71 Å². The molecule has 0 atom stereocenters. The number of methoxy groups -OCH3 is 1. The van der Waals surface area contributed by atoms with Crippen LogP contribution in [0.4, 0.5) is 0 Å². The van der Waals surface area contributed by atoms with Crippen LogP contribution in [0.2, 0.25) is 0 Å². The van der Waals surface area contributed by atoms with Crippen LogP contribution >= 0.6 is 0 Å². The van der Waals surface area contributed by atoms with Crippen molar-refractivity contribution < 1.29 is 9.53 Å². The zero-order valence-corrected chi connectivity index (χ0v) is 18.1. The third kappa shape index (κ3) is 4.42. The van der Waals surface area contributed by atoms with Crippen LogP contribution in [-0.2, 0) is 0 Å². The van der Waals surface area contributed by atoms with Crippen molar-refractivity contribution in [3.05, 3.63) is 64.2 Å². The standard InChI is InChI=1S/C25H30N2O2/c1-6-7-8-21-15-27(4)25(19-9-11-22(29-5)12-10-19)24(26-21)20-13-17(2)23(16-28)18(3)14-20/h9-14,16H,6-8,15H2,1-5H3. The number of carbonyl (C=O) groups excluding carboxylic acids is 1. The molecule has 0 saturated heterocycles. The number of ether oxygens (including phenoxy) is 1. The van der Waals surface area contributed by atoms with Gasteiger partial charge in [0.2, 0.25) is 0 Å². The van der Waals surface area contributed by atoms with Gasteiger partial charge in [-0.15, -0.1) is 0 Å². The van der Waals surface area contributed by atoms with Crippen molar-refractivity contribution in [1.29, 1.82) is 0 Å². The van der Waals surface area contributed by atoms with Crippen molar-refractivity contribution in [2.45, 2.75) is 40.0 Å². The van der Waals surface area contributed by atoms with Gasteiger partial charge in [0.05, 0.1) is 25.0 Å². The van der Waals surface area contributed by atoms with Crippen molar-refractivity contribution in [3.8, 4) is 5.75 Å². The van der Waals surface area contributed by atoms with E-state index in [0.717, 1.165) is 77.1 Å². The number of aldehydes is 1. The fourth-order valence-corrected chi connectivity index (χ4v) is 3.90. The van der Waals surface area contributed by atoms with E-state index in [2.05, 4.69) is 43.1 Å². The molecule has 1 aliphatic rings. The van der Waals surface area contributed by atoms with Crippen LogP contribution in [0, 0.1) is 13.8 Å². The first kappa shape index (κ1) is 20.8. The Morgan fingerprint density at radius 1 is 1.10 bits per heavy atom. The number of benzene rings is 2. The largest absolute Gasteiger partial charge is 0.497 e. The van der Waals surface area contributed by atoms with Crippen LogP contribution in [0.25, 0.3) is 11.4 Å². The number of rotatable bonds is 7. The lowest BCUT2D eigenvalue weighted by atomic mass is 9.95. The first-order valence-corrected chi connectivity index (χ1v) is 10.2. The van der Waals surface area contributed by atoms with E-state index in [4.69, 9.17) is 9.73 Å². The van der Waals surface area contributed by atoms with Gasteiger partial charge in [-0.05, 0) is 74.2 Å². The van der Waals surface area contributed by atoms with Gasteiger partial charge in [-0.25, -0.2) is 0 Å². The lowest BCUT2D eigenvalue weighted by Crippen LogP contribution is -2.29. The molecular weight excluding hydrogens is 360 g/mol. The zero-order chi connectivity index (χ0) is 21.0. The predicted octanol–water partition coefficient (Wildman–Crippen LogP) is 5.53. The average Bonchev–Trinajstić information content (AvgIpc) is 2.71. The molecule has 0 unspecified atom stereocenters. The molecule has 4 nitrogen and oxygen atoms in total. The summed E-state index contributed by atoms with van der Waals surface area (Å²) in [5.74, 6) is 0.837. The Balaban J connectivity index is 2.19. The molecule has 2 aromatic rings. The van der Waals surface area contributed by atoms with Gasteiger partial charge in [0.1, 0.15) is 5.75 Å². The fraction of sp³-hybridized carbons (Fsp3) is 0.360. The molecule has 152 valence electrons. The second-order valence-electron chi connectivity index (χ2n) is 7.70. The Hall–Kier alpha value is -2.88. The number of hydrogen-bond acceptors (Lipinski definition) is 4. The van der Waals surface area contributed by atoms with Crippen molar-refractivity contribution in [3.63, 3.8) is 0 Å². The van der Waals surface area contributed by atoms with Gasteiger partial charge < -0.3 is 9.64 Å². The van der Waals surface area contributed by atoms with Gasteiger partial charge in [-0.2, -0.15) is 0 Å². The number of carbonyl (C=O) groups is 1. The van der Waals surface area contributed by atoms with Crippen LogP contribution in [0.1, 0.15) is 58.8 Å². The maximum atomic E-state index is 11.4. The minimum atomic E-state index is 0.764. The van der Waals surface area contributed by atoms with Crippen molar-refractivity contribution in [2.75, 3.05) is 20.7 Å². The summed E-state index contributed by atoms with van der Waals surface area (Å²) in [6, 6.07) is 12.3. The minimum Gasteiger partial charge on any atom is -0.497 e. The van der Waals surface area contributed by atoms with Crippen molar-refractivity contribution in [1.82, 2.24) is 4.90 Å². The Morgan fingerprint density at radius 3 is 2.31 bits per heavy atom. The van der Waals surface area contributed by atoms with Gasteiger partial charge in [0, 0.05) is 29.4 Å². The summed E-state index contributed by atoms with van der Waals surface area (Å²) >= 11 is 0. The molecule has 0 bridgehead atoms. The van der Waals surface area contributed by atoms with E-state index in [0.29, 0.717) is 0 Å². The molecule has 1 heterocycles. The van der Waals surface area contributed by atoms with Gasteiger partial charge in [-0.1, -0.05) is 13.3 Å². The van der Waals surface area contributed by atoms with Crippen LogP contribution in [0.3, 0.4) is 0 Å². The van der Waals surface area contributed by atoms with Crippen LogP contribution in [-0.4, -0.2) is 37.6 Å². The van der Waals surface area contributed by atoms with Crippen molar-refractivity contribution >= 4 is 23.4 Å².